The molecule has 14 heavy (non-hydrogen) atoms. The Morgan fingerprint density at radius 3 is 2.93 bits per heavy atom. The summed E-state index contributed by atoms with van der Waals surface area (Å²) < 4.78 is 0. The van der Waals surface area contributed by atoms with E-state index >= 15 is 0 Å². The lowest BCUT2D eigenvalue weighted by molar-refractivity contribution is 0.475. The van der Waals surface area contributed by atoms with Crippen molar-refractivity contribution in [2.24, 2.45) is 4.99 Å². The van der Waals surface area contributed by atoms with Crippen LogP contribution < -0.4 is 0 Å². The van der Waals surface area contributed by atoms with E-state index < -0.39 is 0 Å². The van der Waals surface area contributed by atoms with Crippen molar-refractivity contribution in [2.75, 3.05) is 6.54 Å². The highest BCUT2D eigenvalue weighted by atomic mass is 16.3. The van der Waals surface area contributed by atoms with Crippen molar-refractivity contribution in [2.45, 2.75) is 13.3 Å². The molecule has 0 spiro atoms. The number of benzene rings is 1. The number of allylic oxidation sites excluding steroid dienone is 1. The third-order valence-corrected chi connectivity index (χ3v) is 2.10. The standard InChI is InChI=1S/C12H15NO/c1-3-10(7-8-13-2)11-5-4-6-12(14)9-11/h3-6,9,14H,2,7-8H2,1H3. The molecule has 2 heteroatoms. The fourth-order valence-corrected chi connectivity index (χ4v) is 1.36. The highest BCUT2D eigenvalue weighted by molar-refractivity contribution is 5.66. The minimum atomic E-state index is 0.299. The Morgan fingerprint density at radius 1 is 1.57 bits per heavy atom. The van der Waals surface area contributed by atoms with Crippen LogP contribution in [-0.2, 0) is 0 Å². The third-order valence-electron chi connectivity index (χ3n) is 2.10. The first-order chi connectivity index (χ1) is 6.77. The number of rotatable bonds is 4. The number of nitrogens with zero attached hydrogens (tertiary/aromatic N) is 1. The number of phenolic OH excluding ortho intramolecular Hbond substituents is 1. The van der Waals surface area contributed by atoms with Crippen molar-refractivity contribution >= 4 is 12.3 Å². The van der Waals surface area contributed by atoms with Gasteiger partial charge in [0.1, 0.15) is 5.75 Å². The van der Waals surface area contributed by atoms with E-state index in [1.807, 2.05) is 25.1 Å². The maximum Gasteiger partial charge on any atom is 0.116 e. The summed E-state index contributed by atoms with van der Waals surface area (Å²) in [6.07, 6.45) is 2.91. The Kier molecular flexibility index (Phi) is 3.92. The van der Waals surface area contributed by atoms with Crippen LogP contribution in [0.5, 0.6) is 5.75 Å². The Bertz CT molecular complexity index is 342. The van der Waals surface area contributed by atoms with E-state index in [0.29, 0.717) is 5.75 Å². The molecule has 0 aliphatic rings. The van der Waals surface area contributed by atoms with Crippen molar-refractivity contribution in [3.8, 4) is 5.75 Å². The lowest BCUT2D eigenvalue weighted by atomic mass is 10.0. The van der Waals surface area contributed by atoms with Gasteiger partial charge in [0.25, 0.3) is 0 Å². The predicted molar refractivity (Wildman–Crippen MR) is 60.8 cm³/mol. The molecule has 0 amide bonds. The summed E-state index contributed by atoms with van der Waals surface area (Å²) >= 11 is 0. The second kappa shape index (κ2) is 5.22. The zero-order chi connectivity index (χ0) is 10.4. The molecule has 0 radical (unpaired) electrons. The van der Waals surface area contributed by atoms with Crippen molar-refractivity contribution < 1.29 is 5.11 Å². The highest BCUT2D eigenvalue weighted by Crippen LogP contribution is 2.21. The fraction of sp³-hybridized carbons (Fsp3) is 0.250. The van der Waals surface area contributed by atoms with Gasteiger partial charge >= 0.3 is 0 Å². The Labute approximate surface area is 84.6 Å². The molecule has 0 saturated carbocycles. The second-order valence-corrected chi connectivity index (χ2v) is 3.06. The van der Waals surface area contributed by atoms with Crippen molar-refractivity contribution in [3.63, 3.8) is 0 Å². The maximum absolute atomic E-state index is 9.32. The minimum absolute atomic E-state index is 0.299. The second-order valence-electron chi connectivity index (χ2n) is 3.06. The van der Waals surface area contributed by atoms with Crippen LogP contribution >= 0.6 is 0 Å². The van der Waals surface area contributed by atoms with Gasteiger partial charge < -0.3 is 10.1 Å². The molecule has 1 aromatic rings. The van der Waals surface area contributed by atoms with E-state index in [4.69, 9.17) is 0 Å². The molecular weight excluding hydrogens is 174 g/mol. The van der Waals surface area contributed by atoms with Crippen LogP contribution in [-0.4, -0.2) is 18.4 Å². The van der Waals surface area contributed by atoms with Gasteiger partial charge in [-0.3, -0.25) is 0 Å². The van der Waals surface area contributed by atoms with E-state index in [-0.39, 0.29) is 0 Å². The minimum Gasteiger partial charge on any atom is -0.508 e. The van der Waals surface area contributed by atoms with Crippen LogP contribution in [0.1, 0.15) is 18.9 Å². The van der Waals surface area contributed by atoms with Gasteiger partial charge in [-0.2, -0.15) is 0 Å². The molecule has 1 rings (SSSR count). The Morgan fingerprint density at radius 2 is 2.36 bits per heavy atom. The number of aliphatic imine (C=N–C) groups is 1. The van der Waals surface area contributed by atoms with Crippen LogP contribution in [0.15, 0.2) is 35.3 Å². The smallest absolute Gasteiger partial charge is 0.116 e. The molecule has 0 aromatic heterocycles. The summed E-state index contributed by atoms with van der Waals surface area (Å²) in [4.78, 5) is 3.82. The SMILES string of the molecule is C=NCCC(=CC)c1cccc(O)c1. The van der Waals surface area contributed by atoms with Gasteiger partial charge in [-0.15, -0.1) is 0 Å². The number of hydrogen-bond acceptors (Lipinski definition) is 2. The first-order valence-corrected chi connectivity index (χ1v) is 4.65. The van der Waals surface area contributed by atoms with E-state index in [2.05, 4.69) is 11.7 Å². The Balaban J connectivity index is 2.84. The van der Waals surface area contributed by atoms with E-state index in [0.717, 1.165) is 18.5 Å². The first kappa shape index (κ1) is 10.5. The molecular formula is C12H15NO. The number of phenols is 1. The third kappa shape index (κ3) is 2.73. The van der Waals surface area contributed by atoms with Gasteiger partial charge in [-0.1, -0.05) is 18.2 Å². The van der Waals surface area contributed by atoms with Crippen molar-refractivity contribution in [1.29, 1.82) is 0 Å². The van der Waals surface area contributed by atoms with Crippen LogP contribution in [0.3, 0.4) is 0 Å². The molecule has 0 fully saturated rings. The molecule has 1 aromatic carbocycles. The van der Waals surface area contributed by atoms with Gasteiger partial charge in [0.2, 0.25) is 0 Å². The summed E-state index contributed by atoms with van der Waals surface area (Å²) in [7, 11) is 0. The van der Waals surface area contributed by atoms with Gasteiger partial charge in [-0.05, 0) is 43.3 Å². The molecule has 0 saturated heterocycles. The van der Waals surface area contributed by atoms with Crippen LogP contribution in [0.2, 0.25) is 0 Å². The summed E-state index contributed by atoms with van der Waals surface area (Å²) in [6, 6.07) is 7.26. The largest absolute Gasteiger partial charge is 0.508 e. The monoisotopic (exact) mass is 189 g/mol. The summed E-state index contributed by atoms with van der Waals surface area (Å²) in [5.74, 6) is 0.299. The topological polar surface area (TPSA) is 32.6 Å². The molecule has 0 aliphatic heterocycles. The first-order valence-electron chi connectivity index (χ1n) is 4.65. The lowest BCUT2D eigenvalue weighted by Crippen LogP contribution is -1.87. The summed E-state index contributed by atoms with van der Waals surface area (Å²) in [5.41, 5.74) is 2.24. The van der Waals surface area contributed by atoms with Gasteiger partial charge in [-0.25, -0.2) is 0 Å². The molecule has 0 aliphatic carbocycles. The fourth-order valence-electron chi connectivity index (χ4n) is 1.36. The number of aromatic hydroxyl groups is 1. The van der Waals surface area contributed by atoms with Gasteiger partial charge in [0.15, 0.2) is 0 Å². The van der Waals surface area contributed by atoms with Gasteiger partial charge in [0.05, 0.1) is 0 Å². The van der Waals surface area contributed by atoms with Crippen LogP contribution in [0.4, 0.5) is 0 Å². The van der Waals surface area contributed by atoms with Crippen molar-refractivity contribution in [3.05, 3.63) is 35.9 Å². The van der Waals surface area contributed by atoms with Crippen LogP contribution in [0, 0.1) is 0 Å². The number of hydrogen-bond donors (Lipinski definition) is 1. The van der Waals surface area contributed by atoms with Crippen LogP contribution in [0.25, 0.3) is 5.57 Å². The molecule has 74 valence electrons. The average molecular weight is 189 g/mol. The zero-order valence-electron chi connectivity index (χ0n) is 8.40. The van der Waals surface area contributed by atoms with E-state index in [9.17, 15) is 5.11 Å². The molecule has 2 nitrogen and oxygen atoms in total. The van der Waals surface area contributed by atoms with E-state index in [1.165, 1.54) is 5.57 Å². The maximum atomic E-state index is 9.32. The molecule has 0 heterocycles. The van der Waals surface area contributed by atoms with Crippen molar-refractivity contribution in [1.82, 2.24) is 0 Å². The summed E-state index contributed by atoms with van der Waals surface area (Å²) in [5, 5.41) is 9.32. The molecule has 0 atom stereocenters. The van der Waals surface area contributed by atoms with E-state index in [1.54, 1.807) is 12.1 Å². The van der Waals surface area contributed by atoms with Gasteiger partial charge in [0, 0.05) is 6.54 Å². The summed E-state index contributed by atoms with van der Waals surface area (Å²) in [6.45, 7) is 6.16. The molecule has 0 unspecified atom stereocenters. The molecule has 0 bridgehead atoms. The Hall–Kier alpha value is -1.57. The normalized spacial score (nSPS) is 11.4. The highest BCUT2D eigenvalue weighted by Gasteiger charge is 2.00. The quantitative estimate of drug-likeness (QED) is 0.726. The lowest BCUT2D eigenvalue weighted by Gasteiger charge is -2.05. The predicted octanol–water partition coefficient (Wildman–Crippen LogP) is 2.89. The molecule has 1 N–H and O–H groups in total. The average Bonchev–Trinajstić information content (AvgIpc) is 2.19. The zero-order valence-corrected chi connectivity index (χ0v) is 8.40.